The number of anilines is 2. The van der Waals surface area contributed by atoms with E-state index in [1.54, 1.807) is 6.20 Å². The molecule has 0 amide bonds. The number of imidazole rings is 1. The third kappa shape index (κ3) is 6.31. The minimum Gasteiger partial charge on any atom is -0.457 e. The summed E-state index contributed by atoms with van der Waals surface area (Å²) in [4.78, 5) is 24.7. The maximum Gasteiger partial charge on any atom is 0.208 e. The number of ether oxygens (including phenoxy) is 1. The molecule has 0 unspecified atom stereocenters. The van der Waals surface area contributed by atoms with E-state index in [1.165, 1.54) is 0 Å². The lowest BCUT2D eigenvalue weighted by Crippen LogP contribution is -2.40. The highest BCUT2D eigenvalue weighted by Gasteiger charge is 2.26. The van der Waals surface area contributed by atoms with E-state index < -0.39 is 0 Å². The van der Waals surface area contributed by atoms with Crippen molar-refractivity contribution in [2.45, 2.75) is 58.9 Å². The zero-order valence-electron chi connectivity index (χ0n) is 23.9. The average Bonchev–Trinajstić information content (AvgIpc) is 3.23. The first-order valence-corrected chi connectivity index (χ1v) is 14.5. The summed E-state index contributed by atoms with van der Waals surface area (Å²) < 4.78 is 8.19. The molecular weight excluding hydrogens is 522 g/mol. The molecule has 210 valence electrons. The number of hydrogen-bond acceptors (Lipinski definition) is 6. The quantitative estimate of drug-likeness (QED) is 0.229. The monoisotopic (exact) mass is 559 g/mol. The van der Waals surface area contributed by atoms with Crippen molar-refractivity contribution in [1.82, 2.24) is 19.4 Å². The topological polar surface area (TPSA) is 72.3 Å². The van der Waals surface area contributed by atoms with Gasteiger partial charge in [-0.25, -0.2) is 4.98 Å². The summed E-state index contributed by atoms with van der Waals surface area (Å²) in [7, 11) is 1.98. The second-order valence-corrected chi connectivity index (χ2v) is 11.7. The Bertz CT molecular complexity index is 1500. The molecule has 8 heteroatoms. The van der Waals surface area contributed by atoms with Gasteiger partial charge in [0.15, 0.2) is 0 Å². The molecule has 0 radical (unpaired) electrons. The maximum atomic E-state index is 13.0. The van der Waals surface area contributed by atoms with Crippen LogP contribution in [0.15, 0.2) is 54.7 Å². The molecule has 40 heavy (non-hydrogen) atoms. The molecule has 0 saturated carbocycles. The van der Waals surface area contributed by atoms with Crippen molar-refractivity contribution < 1.29 is 9.53 Å². The number of benzene rings is 2. The van der Waals surface area contributed by atoms with Gasteiger partial charge in [-0.3, -0.25) is 9.78 Å². The van der Waals surface area contributed by atoms with Crippen LogP contribution in [0.1, 0.15) is 57.7 Å². The molecule has 4 aromatic rings. The van der Waals surface area contributed by atoms with Crippen LogP contribution in [0.4, 0.5) is 11.6 Å². The largest absolute Gasteiger partial charge is 0.457 e. The molecule has 0 bridgehead atoms. The lowest BCUT2D eigenvalue weighted by Gasteiger charge is -2.33. The smallest absolute Gasteiger partial charge is 0.208 e. The molecule has 1 fully saturated rings. The van der Waals surface area contributed by atoms with Crippen LogP contribution in [0.3, 0.4) is 0 Å². The minimum absolute atomic E-state index is 0.112. The molecule has 2 aromatic carbocycles. The highest BCUT2D eigenvalue weighted by atomic mass is 35.5. The molecular formula is C32H38ClN5O2. The van der Waals surface area contributed by atoms with Crippen molar-refractivity contribution >= 4 is 40.1 Å². The number of piperidine rings is 1. The number of pyridine rings is 1. The molecule has 1 N–H and O–H groups in total. The number of nitrogens with one attached hydrogen (secondary N) is 1. The predicted octanol–water partition coefficient (Wildman–Crippen LogP) is 7.51. The SMILES string of the molecule is CC(C)c1cc(Nc2nc3cc(Oc4ccnc(CC(=O)C5CCN(C(C)C)CC5)c4)ccc3n2C)ccc1Cl. The Morgan fingerprint density at radius 3 is 2.52 bits per heavy atom. The zero-order valence-corrected chi connectivity index (χ0v) is 24.7. The van der Waals surface area contributed by atoms with Gasteiger partial charge in [0.25, 0.3) is 0 Å². The van der Waals surface area contributed by atoms with E-state index >= 15 is 0 Å². The van der Waals surface area contributed by atoms with E-state index in [-0.39, 0.29) is 11.7 Å². The Morgan fingerprint density at radius 2 is 1.80 bits per heavy atom. The summed E-state index contributed by atoms with van der Waals surface area (Å²) in [5.41, 5.74) is 4.57. The van der Waals surface area contributed by atoms with Gasteiger partial charge in [0, 0.05) is 54.5 Å². The number of carbonyl (C=O) groups is 1. The molecule has 3 heterocycles. The van der Waals surface area contributed by atoms with Crippen molar-refractivity contribution in [3.8, 4) is 11.5 Å². The number of aromatic nitrogens is 3. The number of likely N-dealkylation sites (tertiary alicyclic amines) is 1. The number of rotatable bonds is 9. The Hall–Kier alpha value is -3.42. The van der Waals surface area contributed by atoms with Gasteiger partial charge in [-0.15, -0.1) is 0 Å². The lowest BCUT2D eigenvalue weighted by atomic mass is 9.90. The number of carbonyl (C=O) groups excluding carboxylic acids is 1. The van der Waals surface area contributed by atoms with Crippen LogP contribution in [-0.2, 0) is 18.3 Å². The number of ketones is 1. The first kappa shape index (κ1) is 28.1. The molecule has 1 aliphatic rings. The molecule has 1 saturated heterocycles. The first-order chi connectivity index (χ1) is 19.2. The summed E-state index contributed by atoms with van der Waals surface area (Å²) >= 11 is 6.37. The van der Waals surface area contributed by atoms with Crippen LogP contribution >= 0.6 is 11.6 Å². The van der Waals surface area contributed by atoms with Crippen molar-refractivity contribution in [1.29, 1.82) is 0 Å². The molecule has 5 rings (SSSR count). The fourth-order valence-electron chi connectivity index (χ4n) is 5.36. The van der Waals surface area contributed by atoms with Crippen LogP contribution in [0.5, 0.6) is 11.5 Å². The highest BCUT2D eigenvalue weighted by molar-refractivity contribution is 6.31. The Morgan fingerprint density at radius 1 is 1.05 bits per heavy atom. The van der Waals surface area contributed by atoms with Gasteiger partial charge >= 0.3 is 0 Å². The molecule has 2 aromatic heterocycles. The van der Waals surface area contributed by atoms with Crippen molar-refractivity contribution in [2.24, 2.45) is 13.0 Å². The Kier molecular flexibility index (Phi) is 8.43. The predicted molar refractivity (Wildman–Crippen MR) is 162 cm³/mol. The van der Waals surface area contributed by atoms with E-state index in [0.717, 1.165) is 64.9 Å². The van der Waals surface area contributed by atoms with Gasteiger partial charge < -0.3 is 19.5 Å². The van der Waals surface area contributed by atoms with Gasteiger partial charge in [-0.1, -0.05) is 25.4 Å². The summed E-state index contributed by atoms with van der Waals surface area (Å²) in [6, 6.07) is 16.0. The van der Waals surface area contributed by atoms with Gasteiger partial charge in [0.1, 0.15) is 17.3 Å². The maximum absolute atomic E-state index is 13.0. The number of nitrogens with zero attached hydrogens (tertiary/aromatic N) is 4. The van der Waals surface area contributed by atoms with Crippen LogP contribution in [0, 0.1) is 5.92 Å². The van der Waals surface area contributed by atoms with Crippen LogP contribution in [0.25, 0.3) is 11.0 Å². The highest BCUT2D eigenvalue weighted by Crippen LogP contribution is 2.31. The van der Waals surface area contributed by atoms with Crippen LogP contribution < -0.4 is 10.1 Å². The summed E-state index contributed by atoms with van der Waals surface area (Å²) in [5, 5.41) is 4.19. The summed E-state index contributed by atoms with van der Waals surface area (Å²) in [6.07, 6.45) is 3.88. The van der Waals surface area contributed by atoms with Gasteiger partial charge in [0.05, 0.1) is 16.7 Å². The van der Waals surface area contributed by atoms with E-state index in [0.29, 0.717) is 29.9 Å². The normalized spacial score (nSPS) is 14.8. The third-order valence-corrected chi connectivity index (χ3v) is 8.16. The summed E-state index contributed by atoms with van der Waals surface area (Å²) in [6.45, 7) is 10.6. The summed E-state index contributed by atoms with van der Waals surface area (Å²) in [5.74, 6) is 2.76. The zero-order chi connectivity index (χ0) is 28.4. The number of halogens is 1. The third-order valence-electron chi connectivity index (χ3n) is 7.82. The standard InChI is InChI=1S/C32H38ClN5O2/c1-20(2)27-17-23(6-8-28(27)33)35-32-36-29-19-25(7-9-30(29)37(32)5)40-26-10-13-34-24(16-26)18-31(39)22-11-14-38(15-12-22)21(3)4/h6-10,13,16-17,19-22H,11-12,14-15,18H2,1-5H3,(H,35,36). The van der Waals surface area contributed by atoms with Crippen molar-refractivity contribution in [3.05, 3.63) is 71.0 Å². The fourth-order valence-corrected chi connectivity index (χ4v) is 5.70. The van der Waals surface area contributed by atoms with E-state index in [1.807, 2.05) is 54.1 Å². The van der Waals surface area contributed by atoms with Crippen molar-refractivity contribution in [3.63, 3.8) is 0 Å². The number of Topliss-reactive ketones (excluding diaryl/α,β-unsaturated/α-hetero) is 1. The van der Waals surface area contributed by atoms with E-state index in [4.69, 9.17) is 21.3 Å². The van der Waals surface area contributed by atoms with Crippen molar-refractivity contribution in [2.75, 3.05) is 18.4 Å². The van der Waals surface area contributed by atoms with E-state index in [2.05, 4.69) is 49.0 Å². The molecule has 1 aliphatic heterocycles. The lowest BCUT2D eigenvalue weighted by molar-refractivity contribution is -0.123. The van der Waals surface area contributed by atoms with Crippen LogP contribution in [-0.4, -0.2) is 44.3 Å². The Balaban J connectivity index is 1.26. The molecule has 0 spiro atoms. The van der Waals surface area contributed by atoms with Crippen LogP contribution in [0.2, 0.25) is 5.02 Å². The second-order valence-electron chi connectivity index (χ2n) is 11.3. The molecule has 7 nitrogen and oxygen atoms in total. The van der Waals surface area contributed by atoms with Gasteiger partial charge in [-0.05, 0) is 87.7 Å². The molecule has 0 atom stereocenters. The second kappa shape index (κ2) is 12.0. The molecule has 0 aliphatic carbocycles. The first-order valence-electron chi connectivity index (χ1n) is 14.1. The van der Waals surface area contributed by atoms with Gasteiger partial charge in [-0.2, -0.15) is 0 Å². The van der Waals surface area contributed by atoms with E-state index in [9.17, 15) is 4.79 Å². The fraction of sp³-hybridized carbons (Fsp3) is 0.406. The number of fused-ring (bicyclic) bond motifs is 1. The average molecular weight is 560 g/mol. The number of aryl methyl sites for hydroxylation is 1. The minimum atomic E-state index is 0.112. The van der Waals surface area contributed by atoms with Gasteiger partial charge in [0.2, 0.25) is 5.95 Å². The number of hydrogen-bond donors (Lipinski definition) is 1. The Labute approximate surface area is 241 Å².